The van der Waals surface area contributed by atoms with Gasteiger partial charge in [0.1, 0.15) is 0 Å². The van der Waals surface area contributed by atoms with Crippen molar-refractivity contribution < 1.29 is 14.3 Å². The van der Waals surface area contributed by atoms with Crippen molar-refractivity contribution in [3.8, 4) is 0 Å². The van der Waals surface area contributed by atoms with Gasteiger partial charge >= 0.3 is 6.09 Å². The van der Waals surface area contributed by atoms with Crippen molar-refractivity contribution in [2.24, 2.45) is 0 Å². The van der Waals surface area contributed by atoms with E-state index >= 15 is 0 Å². The Bertz CT molecular complexity index is 1010. The lowest BCUT2D eigenvalue weighted by atomic mass is 9.87. The number of pyridine rings is 1. The molecule has 0 unspecified atom stereocenters. The number of carbonyl (C=O) groups excluding carboxylic acids is 2. The smallest absolute Gasteiger partial charge is 0.418 e. The Morgan fingerprint density at radius 3 is 2.13 bits per heavy atom. The van der Waals surface area contributed by atoms with E-state index in [2.05, 4.69) is 31.1 Å². The number of ether oxygens (including phenoxy) is 1. The predicted molar refractivity (Wildman–Crippen MR) is 118 cm³/mol. The summed E-state index contributed by atoms with van der Waals surface area (Å²) in [6.45, 7) is 6.43. The van der Waals surface area contributed by atoms with Crippen LogP contribution in [0.4, 0.5) is 21.9 Å². The SMILES string of the molecule is COC(=O)N(c1ccc(C(=O)Nc2ccc(C(C)(C)C)cc2)cc1)c1cccnc1. The molecule has 0 aliphatic carbocycles. The summed E-state index contributed by atoms with van der Waals surface area (Å²) in [5, 5.41) is 2.90. The van der Waals surface area contributed by atoms with Crippen molar-refractivity contribution in [1.29, 1.82) is 0 Å². The van der Waals surface area contributed by atoms with Gasteiger partial charge in [-0.05, 0) is 59.5 Å². The fourth-order valence-corrected chi connectivity index (χ4v) is 2.96. The van der Waals surface area contributed by atoms with Gasteiger partial charge in [-0.1, -0.05) is 32.9 Å². The van der Waals surface area contributed by atoms with Crippen LogP contribution in [-0.2, 0) is 10.2 Å². The number of hydrogen-bond donors (Lipinski definition) is 1. The first kappa shape index (κ1) is 21.0. The van der Waals surface area contributed by atoms with Gasteiger partial charge in [0.2, 0.25) is 0 Å². The molecule has 1 N–H and O–H groups in total. The molecule has 1 aromatic heterocycles. The monoisotopic (exact) mass is 403 g/mol. The Labute approximate surface area is 176 Å². The summed E-state index contributed by atoms with van der Waals surface area (Å²) in [5.41, 5.74) is 3.60. The second-order valence-corrected chi connectivity index (χ2v) is 7.85. The molecule has 0 bridgehead atoms. The minimum atomic E-state index is -0.542. The van der Waals surface area contributed by atoms with Gasteiger partial charge in [0.15, 0.2) is 0 Å². The second-order valence-electron chi connectivity index (χ2n) is 7.85. The van der Waals surface area contributed by atoms with Gasteiger partial charge < -0.3 is 10.1 Å². The largest absolute Gasteiger partial charge is 0.452 e. The Kier molecular flexibility index (Phi) is 6.16. The number of amides is 2. The Balaban J connectivity index is 1.77. The summed E-state index contributed by atoms with van der Waals surface area (Å²) < 4.78 is 4.89. The molecular weight excluding hydrogens is 378 g/mol. The van der Waals surface area contributed by atoms with Gasteiger partial charge in [-0.3, -0.25) is 9.78 Å². The van der Waals surface area contributed by atoms with Crippen LogP contribution in [-0.4, -0.2) is 24.1 Å². The number of benzene rings is 2. The highest BCUT2D eigenvalue weighted by molar-refractivity contribution is 6.05. The lowest BCUT2D eigenvalue weighted by Crippen LogP contribution is -2.25. The van der Waals surface area contributed by atoms with Crippen LogP contribution in [0, 0.1) is 0 Å². The fourth-order valence-electron chi connectivity index (χ4n) is 2.96. The molecule has 30 heavy (non-hydrogen) atoms. The molecule has 0 aliphatic heterocycles. The van der Waals surface area contributed by atoms with Crippen molar-refractivity contribution in [3.05, 3.63) is 84.2 Å². The summed E-state index contributed by atoms with van der Waals surface area (Å²) in [6.07, 6.45) is 2.65. The van der Waals surface area contributed by atoms with Crippen molar-refractivity contribution in [3.63, 3.8) is 0 Å². The molecule has 0 spiro atoms. The Hall–Kier alpha value is -3.67. The summed E-state index contributed by atoms with van der Waals surface area (Å²) in [7, 11) is 1.32. The first-order valence-electron chi connectivity index (χ1n) is 9.59. The van der Waals surface area contributed by atoms with Gasteiger partial charge in [0, 0.05) is 17.4 Å². The Morgan fingerprint density at radius 2 is 1.60 bits per heavy atom. The van der Waals surface area contributed by atoms with E-state index in [0.29, 0.717) is 16.9 Å². The van der Waals surface area contributed by atoms with Crippen LogP contribution in [0.3, 0.4) is 0 Å². The minimum absolute atomic E-state index is 0.0537. The van der Waals surface area contributed by atoms with E-state index < -0.39 is 6.09 Å². The average molecular weight is 403 g/mol. The van der Waals surface area contributed by atoms with E-state index in [1.807, 2.05) is 24.3 Å². The standard InChI is InChI=1S/C24H25N3O3/c1-24(2,3)18-9-11-19(12-10-18)26-22(28)17-7-13-20(14-8-17)27(23(29)30-4)21-6-5-15-25-16-21/h5-16H,1-4H3,(H,26,28). The van der Waals surface area contributed by atoms with E-state index in [-0.39, 0.29) is 11.3 Å². The first-order chi connectivity index (χ1) is 14.3. The van der Waals surface area contributed by atoms with E-state index in [1.54, 1.807) is 48.8 Å². The summed E-state index contributed by atoms with van der Waals surface area (Å²) in [4.78, 5) is 30.3. The van der Waals surface area contributed by atoms with Crippen LogP contribution < -0.4 is 10.2 Å². The van der Waals surface area contributed by atoms with Gasteiger partial charge in [0.05, 0.1) is 24.7 Å². The maximum Gasteiger partial charge on any atom is 0.418 e. The summed E-state index contributed by atoms with van der Waals surface area (Å²) in [5.74, 6) is -0.226. The molecule has 0 atom stereocenters. The first-order valence-corrected chi connectivity index (χ1v) is 9.59. The van der Waals surface area contributed by atoms with Crippen LogP contribution in [0.1, 0.15) is 36.7 Å². The van der Waals surface area contributed by atoms with Crippen LogP contribution in [0.15, 0.2) is 73.1 Å². The van der Waals surface area contributed by atoms with Gasteiger partial charge in [0.25, 0.3) is 5.91 Å². The van der Waals surface area contributed by atoms with Crippen LogP contribution in [0.5, 0.6) is 0 Å². The number of nitrogens with one attached hydrogen (secondary N) is 1. The Morgan fingerprint density at radius 1 is 0.933 bits per heavy atom. The zero-order valence-electron chi connectivity index (χ0n) is 17.5. The van der Waals surface area contributed by atoms with E-state index in [4.69, 9.17) is 4.74 Å². The number of carbonyl (C=O) groups is 2. The quantitative estimate of drug-likeness (QED) is 0.621. The van der Waals surface area contributed by atoms with Crippen LogP contribution in [0.2, 0.25) is 0 Å². The number of nitrogens with zero attached hydrogens (tertiary/aromatic N) is 2. The van der Waals surface area contributed by atoms with E-state index in [1.165, 1.54) is 17.6 Å². The summed E-state index contributed by atoms with van der Waals surface area (Å²) in [6, 6.07) is 18.0. The van der Waals surface area contributed by atoms with Crippen molar-refractivity contribution in [2.75, 3.05) is 17.3 Å². The van der Waals surface area contributed by atoms with Crippen LogP contribution in [0.25, 0.3) is 0 Å². The topological polar surface area (TPSA) is 71.5 Å². The summed E-state index contributed by atoms with van der Waals surface area (Å²) >= 11 is 0. The highest BCUT2D eigenvalue weighted by atomic mass is 16.5. The molecule has 6 heteroatoms. The molecule has 6 nitrogen and oxygen atoms in total. The van der Waals surface area contributed by atoms with E-state index in [0.717, 1.165) is 5.69 Å². The maximum absolute atomic E-state index is 12.6. The normalized spacial score (nSPS) is 10.9. The molecule has 0 fully saturated rings. The fraction of sp³-hybridized carbons (Fsp3) is 0.208. The number of hydrogen-bond acceptors (Lipinski definition) is 4. The van der Waals surface area contributed by atoms with Crippen molar-refractivity contribution >= 4 is 29.1 Å². The zero-order chi connectivity index (χ0) is 21.7. The van der Waals surface area contributed by atoms with Crippen molar-refractivity contribution in [1.82, 2.24) is 4.98 Å². The van der Waals surface area contributed by atoms with Gasteiger partial charge in [-0.15, -0.1) is 0 Å². The number of methoxy groups -OCH3 is 1. The molecule has 3 rings (SSSR count). The van der Waals surface area contributed by atoms with Gasteiger partial charge in [-0.2, -0.15) is 0 Å². The second kappa shape index (κ2) is 8.78. The third-order valence-corrected chi connectivity index (χ3v) is 4.66. The highest BCUT2D eigenvalue weighted by Gasteiger charge is 2.19. The highest BCUT2D eigenvalue weighted by Crippen LogP contribution is 2.26. The molecule has 2 amide bonds. The molecule has 0 aliphatic rings. The lowest BCUT2D eigenvalue weighted by molar-refractivity contribution is 0.102. The maximum atomic E-state index is 12.6. The third kappa shape index (κ3) is 4.84. The number of rotatable bonds is 4. The van der Waals surface area contributed by atoms with Gasteiger partial charge in [-0.25, -0.2) is 9.69 Å². The molecule has 0 radical (unpaired) electrons. The predicted octanol–water partition coefficient (Wildman–Crippen LogP) is 5.54. The number of anilines is 3. The minimum Gasteiger partial charge on any atom is -0.452 e. The number of aromatic nitrogens is 1. The molecule has 0 saturated heterocycles. The average Bonchev–Trinajstić information content (AvgIpc) is 2.74. The van der Waals surface area contributed by atoms with Crippen LogP contribution >= 0.6 is 0 Å². The molecule has 2 aromatic carbocycles. The van der Waals surface area contributed by atoms with Crippen molar-refractivity contribution in [2.45, 2.75) is 26.2 Å². The molecule has 0 saturated carbocycles. The molecule has 1 heterocycles. The van der Waals surface area contributed by atoms with E-state index in [9.17, 15) is 9.59 Å². The molecule has 3 aromatic rings. The lowest BCUT2D eigenvalue weighted by Gasteiger charge is -2.21. The third-order valence-electron chi connectivity index (χ3n) is 4.66. The molecule has 154 valence electrons. The zero-order valence-corrected chi connectivity index (χ0v) is 17.5. The molecular formula is C24H25N3O3.